The van der Waals surface area contributed by atoms with E-state index in [-0.39, 0.29) is 11.8 Å². The molecule has 0 unspecified atom stereocenters. The molecule has 0 aromatic heterocycles. The maximum Gasteiger partial charge on any atom is 0.223 e. The van der Waals surface area contributed by atoms with Crippen molar-refractivity contribution >= 4 is 23.1 Å². The molecule has 3 nitrogen and oxygen atoms in total. The van der Waals surface area contributed by atoms with Gasteiger partial charge in [-0.25, -0.2) is 0 Å². The molecule has 0 bridgehead atoms. The van der Waals surface area contributed by atoms with Crippen LogP contribution in [-0.4, -0.2) is 17.4 Å². The molecule has 0 spiro atoms. The average molecular weight is 256 g/mol. The minimum absolute atomic E-state index is 0.243. The van der Waals surface area contributed by atoms with Crippen molar-refractivity contribution in [1.82, 2.24) is 5.32 Å². The summed E-state index contributed by atoms with van der Waals surface area (Å²) in [5.74, 6) is 1.29. The van der Waals surface area contributed by atoms with Crippen LogP contribution < -0.4 is 11.1 Å². The third kappa shape index (κ3) is 6.01. The van der Waals surface area contributed by atoms with Crippen molar-refractivity contribution in [2.24, 2.45) is 17.6 Å². The van der Waals surface area contributed by atoms with Gasteiger partial charge in [-0.3, -0.25) is 4.79 Å². The Morgan fingerprint density at radius 1 is 1.29 bits per heavy atom. The van der Waals surface area contributed by atoms with E-state index in [1.54, 1.807) is 0 Å². The summed E-state index contributed by atoms with van der Waals surface area (Å²) in [6.07, 6.45) is 7.22. The van der Waals surface area contributed by atoms with E-state index in [2.05, 4.69) is 12.2 Å². The zero-order chi connectivity index (χ0) is 12.7. The fourth-order valence-electron chi connectivity index (χ4n) is 2.30. The lowest BCUT2D eigenvalue weighted by Gasteiger charge is -2.25. The van der Waals surface area contributed by atoms with E-state index in [4.69, 9.17) is 18.0 Å². The molecule has 98 valence electrons. The molecule has 3 N–H and O–H groups in total. The Labute approximate surface area is 110 Å². The predicted molar refractivity (Wildman–Crippen MR) is 74.8 cm³/mol. The van der Waals surface area contributed by atoms with Crippen LogP contribution >= 0.6 is 12.2 Å². The topological polar surface area (TPSA) is 55.1 Å². The highest BCUT2D eigenvalue weighted by molar-refractivity contribution is 7.80. The zero-order valence-corrected chi connectivity index (χ0v) is 11.5. The number of nitrogens with two attached hydrogens (primary N) is 1. The normalized spacial score (nSPS) is 24.3. The molecule has 0 aromatic carbocycles. The summed E-state index contributed by atoms with van der Waals surface area (Å²) in [6.45, 7) is 3.03. The van der Waals surface area contributed by atoms with E-state index in [9.17, 15) is 4.79 Å². The Balaban J connectivity index is 2.06. The molecule has 0 atom stereocenters. The Kier molecular flexibility index (Phi) is 6.48. The van der Waals surface area contributed by atoms with Gasteiger partial charge in [-0.1, -0.05) is 19.1 Å². The smallest absolute Gasteiger partial charge is 0.223 e. The SMILES string of the molecule is CC1CCC(C(=O)NCCCCC(N)=S)CC1. The number of carbonyl (C=O) groups excluding carboxylic acids is 1. The van der Waals surface area contributed by atoms with Crippen LogP contribution in [0.2, 0.25) is 0 Å². The highest BCUT2D eigenvalue weighted by Gasteiger charge is 2.23. The lowest BCUT2D eigenvalue weighted by Crippen LogP contribution is -2.33. The Hall–Kier alpha value is -0.640. The van der Waals surface area contributed by atoms with E-state index < -0.39 is 0 Å². The maximum absolute atomic E-state index is 11.8. The second-order valence-corrected chi connectivity index (χ2v) is 5.70. The maximum atomic E-state index is 11.8. The number of unbranched alkanes of at least 4 members (excludes halogenated alkanes) is 1. The summed E-state index contributed by atoms with van der Waals surface area (Å²) in [5.41, 5.74) is 5.41. The van der Waals surface area contributed by atoms with Crippen LogP contribution in [0.1, 0.15) is 51.9 Å². The molecule has 0 saturated heterocycles. The molecule has 1 rings (SSSR count). The molecule has 1 aliphatic carbocycles. The number of rotatable bonds is 6. The Morgan fingerprint density at radius 3 is 2.53 bits per heavy atom. The van der Waals surface area contributed by atoms with Crippen LogP contribution in [0.3, 0.4) is 0 Å². The lowest BCUT2D eigenvalue weighted by atomic mass is 9.82. The molecule has 0 aliphatic heterocycles. The Bertz CT molecular complexity index is 260. The molecule has 1 amide bonds. The number of carbonyl (C=O) groups is 1. The minimum atomic E-state index is 0.243. The summed E-state index contributed by atoms with van der Waals surface area (Å²) >= 11 is 4.80. The van der Waals surface area contributed by atoms with Gasteiger partial charge in [0.1, 0.15) is 0 Å². The second-order valence-electron chi connectivity index (χ2n) is 5.17. The fraction of sp³-hybridized carbons (Fsp3) is 0.846. The summed E-state index contributed by atoms with van der Waals surface area (Å²) in [4.78, 5) is 12.4. The van der Waals surface area contributed by atoms with Crippen molar-refractivity contribution in [3.05, 3.63) is 0 Å². The average Bonchev–Trinajstić information content (AvgIpc) is 2.29. The number of hydrogen-bond acceptors (Lipinski definition) is 2. The van der Waals surface area contributed by atoms with Crippen LogP contribution in [0.4, 0.5) is 0 Å². The van der Waals surface area contributed by atoms with E-state index in [0.717, 1.165) is 44.6 Å². The van der Waals surface area contributed by atoms with E-state index >= 15 is 0 Å². The number of amides is 1. The van der Waals surface area contributed by atoms with Crippen LogP contribution in [0.15, 0.2) is 0 Å². The quantitative estimate of drug-likeness (QED) is 0.567. The van der Waals surface area contributed by atoms with Gasteiger partial charge in [0, 0.05) is 12.5 Å². The van der Waals surface area contributed by atoms with Gasteiger partial charge in [-0.2, -0.15) is 0 Å². The second kappa shape index (κ2) is 7.64. The first-order chi connectivity index (χ1) is 8.09. The zero-order valence-electron chi connectivity index (χ0n) is 10.7. The van der Waals surface area contributed by atoms with Crippen molar-refractivity contribution in [3.63, 3.8) is 0 Å². The van der Waals surface area contributed by atoms with Gasteiger partial charge in [0.2, 0.25) is 5.91 Å². The Morgan fingerprint density at radius 2 is 1.94 bits per heavy atom. The van der Waals surface area contributed by atoms with Crippen molar-refractivity contribution in [2.75, 3.05) is 6.54 Å². The summed E-state index contributed by atoms with van der Waals surface area (Å²) < 4.78 is 0. The standard InChI is InChI=1S/C13H24N2OS/c1-10-5-7-11(8-6-10)13(16)15-9-3-2-4-12(14)17/h10-11H,2-9H2,1H3,(H2,14,17)(H,15,16). The van der Waals surface area contributed by atoms with Gasteiger partial charge >= 0.3 is 0 Å². The van der Waals surface area contributed by atoms with Crippen molar-refractivity contribution in [3.8, 4) is 0 Å². The van der Waals surface area contributed by atoms with Crippen LogP contribution in [-0.2, 0) is 4.79 Å². The van der Waals surface area contributed by atoms with E-state index in [0.29, 0.717) is 4.99 Å². The van der Waals surface area contributed by atoms with Crippen molar-refractivity contribution in [1.29, 1.82) is 0 Å². The lowest BCUT2D eigenvalue weighted by molar-refractivity contribution is -0.126. The van der Waals surface area contributed by atoms with Crippen molar-refractivity contribution < 1.29 is 4.79 Å². The first kappa shape index (κ1) is 14.4. The monoisotopic (exact) mass is 256 g/mol. The molecule has 4 heteroatoms. The molecule has 0 radical (unpaired) electrons. The van der Waals surface area contributed by atoms with Gasteiger partial charge in [-0.05, 0) is 50.9 Å². The third-order valence-corrected chi connectivity index (χ3v) is 3.74. The van der Waals surface area contributed by atoms with Crippen LogP contribution in [0, 0.1) is 11.8 Å². The molecular formula is C13H24N2OS. The molecule has 1 fully saturated rings. The number of thiocarbonyl (C=S) groups is 1. The summed E-state index contributed by atoms with van der Waals surface area (Å²) in [6, 6.07) is 0. The van der Waals surface area contributed by atoms with Crippen molar-refractivity contribution in [2.45, 2.75) is 51.9 Å². The van der Waals surface area contributed by atoms with Gasteiger partial charge < -0.3 is 11.1 Å². The largest absolute Gasteiger partial charge is 0.393 e. The van der Waals surface area contributed by atoms with Gasteiger partial charge in [0.15, 0.2) is 0 Å². The fourth-order valence-corrected chi connectivity index (χ4v) is 2.45. The highest BCUT2D eigenvalue weighted by Crippen LogP contribution is 2.28. The molecule has 0 aromatic rings. The summed E-state index contributed by atoms with van der Waals surface area (Å²) in [7, 11) is 0. The molecule has 1 saturated carbocycles. The van der Waals surface area contributed by atoms with Crippen LogP contribution in [0.5, 0.6) is 0 Å². The molecule has 0 heterocycles. The molecular weight excluding hydrogens is 232 g/mol. The summed E-state index contributed by atoms with van der Waals surface area (Å²) in [5, 5.41) is 3.02. The number of nitrogens with one attached hydrogen (secondary N) is 1. The van der Waals surface area contributed by atoms with Gasteiger partial charge in [0.05, 0.1) is 4.99 Å². The van der Waals surface area contributed by atoms with Gasteiger partial charge in [0.25, 0.3) is 0 Å². The van der Waals surface area contributed by atoms with Crippen LogP contribution in [0.25, 0.3) is 0 Å². The first-order valence-electron chi connectivity index (χ1n) is 6.65. The minimum Gasteiger partial charge on any atom is -0.393 e. The van der Waals surface area contributed by atoms with E-state index in [1.807, 2.05) is 0 Å². The van der Waals surface area contributed by atoms with E-state index in [1.165, 1.54) is 12.8 Å². The predicted octanol–water partition coefficient (Wildman–Crippen LogP) is 2.39. The first-order valence-corrected chi connectivity index (χ1v) is 7.06. The van der Waals surface area contributed by atoms with Gasteiger partial charge in [-0.15, -0.1) is 0 Å². The third-order valence-electron chi connectivity index (χ3n) is 3.54. The highest BCUT2D eigenvalue weighted by atomic mass is 32.1. The number of hydrogen-bond donors (Lipinski definition) is 2. The molecule has 17 heavy (non-hydrogen) atoms. The molecule has 1 aliphatic rings.